The molecule has 0 bridgehead atoms. The number of hydrogen-bond donors (Lipinski definition) is 1. The van der Waals surface area contributed by atoms with E-state index in [1.807, 2.05) is 48.5 Å². The van der Waals surface area contributed by atoms with Gasteiger partial charge in [0.05, 0.1) is 29.5 Å². The Bertz CT molecular complexity index is 1440. The fourth-order valence-corrected chi connectivity index (χ4v) is 3.54. The van der Waals surface area contributed by atoms with Gasteiger partial charge in [0, 0.05) is 22.5 Å². The van der Waals surface area contributed by atoms with Crippen molar-refractivity contribution in [1.82, 2.24) is 29.5 Å². The molecule has 0 atom stereocenters. The minimum Gasteiger partial charge on any atom is -0.292 e. The van der Waals surface area contributed by atoms with E-state index >= 15 is 0 Å². The van der Waals surface area contributed by atoms with E-state index in [0.29, 0.717) is 11.4 Å². The number of nitrogens with one attached hydrogen (secondary N) is 1. The lowest BCUT2D eigenvalue weighted by Gasteiger charge is -2.10. The van der Waals surface area contributed by atoms with Crippen molar-refractivity contribution in [2.24, 2.45) is 0 Å². The van der Waals surface area contributed by atoms with Crippen molar-refractivity contribution in [3.63, 3.8) is 0 Å². The highest BCUT2D eigenvalue weighted by molar-refractivity contribution is 6.02. The molecule has 0 amide bonds. The van der Waals surface area contributed by atoms with Crippen molar-refractivity contribution < 1.29 is 0 Å². The molecule has 0 spiro atoms. The molecular formula is C21H16N6O2. The highest BCUT2D eigenvalue weighted by Gasteiger charge is 2.13. The molecule has 3 heterocycles. The van der Waals surface area contributed by atoms with Crippen LogP contribution in [0.25, 0.3) is 27.5 Å². The number of aromatic nitrogens is 6. The fourth-order valence-electron chi connectivity index (χ4n) is 3.54. The molecular weight excluding hydrogens is 368 g/mol. The number of para-hydroxylation sites is 2. The topological polar surface area (TPSA) is 98.5 Å². The zero-order valence-corrected chi connectivity index (χ0v) is 15.5. The van der Waals surface area contributed by atoms with Crippen LogP contribution < -0.4 is 11.2 Å². The summed E-state index contributed by atoms with van der Waals surface area (Å²) in [7, 11) is 0. The number of rotatable bonds is 3. The van der Waals surface area contributed by atoms with E-state index in [1.165, 1.54) is 10.6 Å². The van der Waals surface area contributed by atoms with Gasteiger partial charge in [0.1, 0.15) is 5.69 Å². The molecule has 0 fully saturated rings. The molecule has 5 rings (SSSR count). The first-order valence-corrected chi connectivity index (χ1v) is 9.10. The van der Waals surface area contributed by atoms with E-state index in [4.69, 9.17) is 4.98 Å². The highest BCUT2D eigenvalue weighted by Crippen LogP contribution is 2.28. The van der Waals surface area contributed by atoms with Crippen LogP contribution in [0.4, 0.5) is 0 Å². The summed E-state index contributed by atoms with van der Waals surface area (Å²) in [6, 6.07) is 17.1. The molecule has 3 aromatic heterocycles. The van der Waals surface area contributed by atoms with Gasteiger partial charge in [-0.25, -0.2) is 14.5 Å². The van der Waals surface area contributed by atoms with Crippen LogP contribution in [0.1, 0.15) is 11.4 Å². The van der Waals surface area contributed by atoms with Crippen molar-refractivity contribution in [2.45, 2.75) is 13.5 Å². The van der Waals surface area contributed by atoms with Gasteiger partial charge in [-0.3, -0.25) is 14.3 Å². The molecule has 0 saturated carbocycles. The molecule has 8 heteroatoms. The van der Waals surface area contributed by atoms with Gasteiger partial charge in [-0.1, -0.05) is 41.6 Å². The SMILES string of the molecule is Cc1cc(=O)[nH]c(=O)n1Cc1cn(-c2c3ccccc3nc3ccccc23)nn1. The van der Waals surface area contributed by atoms with Crippen LogP contribution >= 0.6 is 0 Å². The van der Waals surface area contributed by atoms with Gasteiger partial charge >= 0.3 is 5.69 Å². The number of nitrogens with zero attached hydrogens (tertiary/aromatic N) is 5. The molecule has 1 N–H and O–H groups in total. The molecule has 142 valence electrons. The van der Waals surface area contributed by atoms with Gasteiger partial charge in [0.2, 0.25) is 0 Å². The van der Waals surface area contributed by atoms with E-state index < -0.39 is 11.2 Å². The van der Waals surface area contributed by atoms with Crippen LogP contribution in [-0.4, -0.2) is 29.5 Å². The third-order valence-corrected chi connectivity index (χ3v) is 4.89. The van der Waals surface area contributed by atoms with E-state index in [0.717, 1.165) is 27.5 Å². The van der Waals surface area contributed by atoms with Crippen LogP contribution in [0.3, 0.4) is 0 Å². The zero-order chi connectivity index (χ0) is 20.0. The Morgan fingerprint density at radius 3 is 2.28 bits per heavy atom. The summed E-state index contributed by atoms with van der Waals surface area (Å²) in [5.41, 5.74) is 2.90. The van der Waals surface area contributed by atoms with Crippen molar-refractivity contribution >= 4 is 21.8 Å². The summed E-state index contributed by atoms with van der Waals surface area (Å²) in [5.74, 6) is 0. The molecule has 0 aliphatic rings. The first kappa shape index (κ1) is 17.1. The molecule has 0 aliphatic heterocycles. The van der Waals surface area contributed by atoms with Gasteiger partial charge in [-0.2, -0.15) is 0 Å². The number of H-pyrrole nitrogens is 1. The summed E-state index contributed by atoms with van der Waals surface area (Å²) in [6.07, 6.45) is 1.80. The Hall–Kier alpha value is -4.07. The Balaban J connectivity index is 1.67. The molecule has 2 aromatic carbocycles. The maximum atomic E-state index is 12.1. The van der Waals surface area contributed by atoms with Crippen molar-refractivity contribution in [2.75, 3.05) is 0 Å². The molecule has 0 unspecified atom stereocenters. The predicted molar refractivity (Wildman–Crippen MR) is 109 cm³/mol. The average Bonchev–Trinajstić information content (AvgIpc) is 3.17. The number of aryl methyl sites for hydroxylation is 1. The lowest BCUT2D eigenvalue weighted by Crippen LogP contribution is -2.31. The fraction of sp³-hybridized carbons (Fsp3) is 0.0952. The van der Waals surface area contributed by atoms with E-state index in [2.05, 4.69) is 15.3 Å². The van der Waals surface area contributed by atoms with Gasteiger partial charge in [-0.05, 0) is 19.1 Å². The molecule has 0 aliphatic carbocycles. The number of aromatic amines is 1. The summed E-state index contributed by atoms with van der Waals surface area (Å²) >= 11 is 0. The number of hydrogen-bond acceptors (Lipinski definition) is 5. The monoisotopic (exact) mass is 384 g/mol. The summed E-state index contributed by atoms with van der Waals surface area (Å²) in [6.45, 7) is 1.92. The van der Waals surface area contributed by atoms with E-state index in [1.54, 1.807) is 17.8 Å². The Labute approximate surface area is 164 Å². The summed E-state index contributed by atoms with van der Waals surface area (Å²) in [4.78, 5) is 30.6. The molecule has 8 nitrogen and oxygen atoms in total. The molecule has 0 saturated heterocycles. The van der Waals surface area contributed by atoms with Gasteiger partial charge in [0.25, 0.3) is 5.56 Å². The average molecular weight is 384 g/mol. The minimum atomic E-state index is -0.468. The lowest BCUT2D eigenvalue weighted by molar-refractivity contribution is 0.677. The van der Waals surface area contributed by atoms with Gasteiger partial charge in [0.15, 0.2) is 0 Å². The quantitative estimate of drug-likeness (QED) is 0.481. The standard InChI is InChI=1S/C21H16N6O2/c1-13-10-19(28)23-21(29)26(13)11-14-12-27(25-24-14)20-15-6-2-4-8-17(15)22-18-9-5-3-7-16(18)20/h2-10,12H,11H2,1H3,(H,23,28,29). The maximum absolute atomic E-state index is 12.1. The zero-order valence-electron chi connectivity index (χ0n) is 15.5. The highest BCUT2D eigenvalue weighted by atomic mass is 16.2. The van der Waals surface area contributed by atoms with Crippen LogP contribution in [0, 0.1) is 6.92 Å². The second kappa shape index (κ2) is 6.52. The summed E-state index contributed by atoms with van der Waals surface area (Å²) < 4.78 is 3.17. The smallest absolute Gasteiger partial charge is 0.292 e. The lowest BCUT2D eigenvalue weighted by atomic mass is 10.1. The normalized spacial score (nSPS) is 11.3. The molecule has 0 radical (unpaired) electrons. The van der Waals surface area contributed by atoms with Crippen molar-refractivity contribution in [3.8, 4) is 5.69 Å². The third-order valence-electron chi connectivity index (χ3n) is 4.89. The van der Waals surface area contributed by atoms with E-state index in [9.17, 15) is 9.59 Å². The number of fused-ring (bicyclic) bond motifs is 2. The van der Waals surface area contributed by atoms with Gasteiger partial charge in [-0.15, -0.1) is 5.10 Å². The second-order valence-corrected chi connectivity index (χ2v) is 6.82. The first-order chi connectivity index (χ1) is 14.1. The van der Waals surface area contributed by atoms with Crippen LogP contribution in [-0.2, 0) is 6.54 Å². The first-order valence-electron chi connectivity index (χ1n) is 9.10. The van der Waals surface area contributed by atoms with Crippen LogP contribution in [0.15, 0.2) is 70.4 Å². The Kier molecular flexibility index (Phi) is 3.83. The van der Waals surface area contributed by atoms with Crippen LogP contribution in [0.2, 0.25) is 0 Å². The van der Waals surface area contributed by atoms with Crippen molar-refractivity contribution in [3.05, 3.63) is 93.0 Å². The molecule has 29 heavy (non-hydrogen) atoms. The third kappa shape index (κ3) is 2.91. The summed E-state index contributed by atoms with van der Waals surface area (Å²) in [5, 5.41) is 10.5. The predicted octanol–water partition coefficient (Wildman–Crippen LogP) is 2.18. The Morgan fingerprint density at radius 1 is 0.966 bits per heavy atom. The minimum absolute atomic E-state index is 0.211. The Morgan fingerprint density at radius 2 is 1.62 bits per heavy atom. The van der Waals surface area contributed by atoms with Crippen LogP contribution in [0.5, 0.6) is 0 Å². The molecule has 5 aromatic rings. The maximum Gasteiger partial charge on any atom is 0.328 e. The number of pyridine rings is 1. The number of benzene rings is 2. The largest absolute Gasteiger partial charge is 0.328 e. The van der Waals surface area contributed by atoms with Gasteiger partial charge < -0.3 is 0 Å². The second-order valence-electron chi connectivity index (χ2n) is 6.82. The van der Waals surface area contributed by atoms with E-state index in [-0.39, 0.29) is 6.54 Å². The van der Waals surface area contributed by atoms with Crippen molar-refractivity contribution in [1.29, 1.82) is 0 Å².